The van der Waals surface area contributed by atoms with Gasteiger partial charge in [0.1, 0.15) is 30.0 Å². The van der Waals surface area contributed by atoms with Gasteiger partial charge in [0.15, 0.2) is 11.4 Å². The first-order valence-corrected chi connectivity index (χ1v) is 13.8. The van der Waals surface area contributed by atoms with Gasteiger partial charge in [-0.05, 0) is 56.8 Å². The highest BCUT2D eigenvalue weighted by Gasteiger charge is 2.63. The number of nitrogens with zero attached hydrogens (tertiary/aromatic N) is 2. The lowest BCUT2D eigenvalue weighted by molar-refractivity contribution is -0.148. The Morgan fingerprint density at radius 2 is 1.88 bits per heavy atom. The number of aliphatic hydroxyl groups excluding tert-OH is 2. The minimum Gasteiger partial charge on any atom is -0.510 e. The number of fused-ring (bicyclic) bond motifs is 3. The van der Waals surface area contributed by atoms with Crippen molar-refractivity contribution in [1.82, 2.24) is 10.2 Å². The lowest BCUT2D eigenvalue weighted by atomic mass is 9.58. The molecule has 4 unspecified atom stereocenters. The lowest BCUT2D eigenvalue weighted by Gasteiger charge is -2.50. The van der Waals surface area contributed by atoms with Crippen LogP contribution in [0.1, 0.15) is 61.2 Å². The number of carbonyl (C=O) groups is 3. The second-order valence-electron chi connectivity index (χ2n) is 12.8. The van der Waals surface area contributed by atoms with Crippen molar-refractivity contribution >= 4 is 23.2 Å². The number of nitrogens with one attached hydrogen (secondary N) is 1. The van der Waals surface area contributed by atoms with E-state index < -0.39 is 58.0 Å². The fourth-order valence-corrected chi connectivity index (χ4v) is 6.59. The molecule has 0 heterocycles. The van der Waals surface area contributed by atoms with Crippen LogP contribution in [-0.2, 0) is 27.4 Å². The quantitative estimate of drug-likeness (QED) is 0.156. The molecule has 4 rings (SSSR count). The molecule has 228 valence electrons. The van der Waals surface area contributed by atoms with E-state index in [2.05, 4.69) is 31.2 Å². The summed E-state index contributed by atoms with van der Waals surface area (Å²) in [4.78, 5) is 46.4. The van der Waals surface area contributed by atoms with Crippen molar-refractivity contribution in [1.29, 1.82) is 0 Å². The van der Waals surface area contributed by atoms with Gasteiger partial charge < -0.3 is 36.3 Å². The Balaban J connectivity index is 1.93. The lowest BCUT2D eigenvalue weighted by Crippen LogP contribution is -2.63. The van der Waals surface area contributed by atoms with Crippen LogP contribution in [0.15, 0.2) is 33.9 Å². The minimum atomic E-state index is -2.69. The summed E-state index contributed by atoms with van der Waals surface area (Å²) in [7, 11) is 4.57. The SMILES string of the molecule is CO/N=C(\C)c1cc(CNCC(C)(C)C)c(O)c2c1CC1CC3C(N(C)C)C(O)=C(C(N)=O)C(=O)C3(O)C(O)=C1C2=O. The maximum Gasteiger partial charge on any atom is 0.255 e. The third-order valence-corrected chi connectivity index (χ3v) is 8.39. The van der Waals surface area contributed by atoms with Crippen molar-refractivity contribution in [2.75, 3.05) is 27.7 Å². The van der Waals surface area contributed by atoms with Gasteiger partial charge in [0.2, 0.25) is 5.78 Å². The Bertz CT molecular complexity index is 1450. The largest absolute Gasteiger partial charge is 0.510 e. The van der Waals surface area contributed by atoms with Gasteiger partial charge in [-0.3, -0.25) is 19.3 Å². The Labute approximate surface area is 244 Å². The number of aliphatic hydroxyl groups is 3. The van der Waals surface area contributed by atoms with Crippen LogP contribution in [0.4, 0.5) is 0 Å². The molecule has 12 heteroatoms. The maximum absolute atomic E-state index is 14.2. The number of primary amides is 1. The summed E-state index contributed by atoms with van der Waals surface area (Å²) < 4.78 is 0. The molecule has 0 aliphatic heterocycles. The topological polar surface area (TPSA) is 195 Å². The van der Waals surface area contributed by atoms with Crippen molar-refractivity contribution < 1.29 is 39.6 Å². The number of likely N-dealkylation sites (N-methyl/N-ethyl adjacent to an activating group) is 1. The third-order valence-electron chi connectivity index (χ3n) is 8.39. The van der Waals surface area contributed by atoms with Crippen molar-refractivity contribution in [2.24, 2.45) is 28.1 Å². The first-order valence-electron chi connectivity index (χ1n) is 13.8. The molecule has 42 heavy (non-hydrogen) atoms. The fraction of sp³-hybridized carbons (Fsp3) is 0.533. The third kappa shape index (κ3) is 4.87. The van der Waals surface area contributed by atoms with E-state index in [1.807, 2.05) is 0 Å². The molecule has 0 saturated carbocycles. The number of rotatable bonds is 7. The normalized spacial score (nSPS) is 26.3. The number of amides is 1. The summed E-state index contributed by atoms with van der Waals surface area (Å²) >= 11 is 0. The Hall–Kier alpha value is -3.74. The number of ketones is 2. The number of hydrogen-bond acceptors (Lipinski definition) is 11. The Morgan fingerprint density at radius 1 is 1.24 bits per heavy atom. The Morgan fingerprint density at radius 3 is 2.43 bits per heavy atom. The zero-order valence-corrected chi connectivity index (χ0v) is 25.0. The van der Waals surface area contributed by atoms with Crippen LogP contribution in [0.5, 0.6) is 5.75 Å². The molecule has 0 radical (unpaired) electrons. The van der Waals surface area contributed by atoms with Crippen LogP contribution in [0.25, 0.3) is 0 Å². The summed E-state index contributed by atoms with van der Waals surface area (Å²) in [5.41, 5.74) is 3.50. The van der Waals surface area contributed by atoms with Gasteiger partial charge in [-0.15, -0.1) is 0 Å². The van der Waals surface area contributed by atoms with Gasteiger partial charge in [0.25, 0.3) is 5.91 Å². The van der Waals surface area contributed by atoms with Crippen molar-refractivity contribution in [3.63, 3.8) is 0 Å². The average Bonchev–Trinajstić information content (AvgIpc) is 2.86. The summed E-state index contributed by atoms with van der Waals surface area (Å²) in [6.45, 7) is 8.73. The fourth-order valence-electron chi connectivity index (χ4n) is 6.59. The van der Waals surface area contributed by atoms with Gasteiger partial charge in [0, 0.05) is 35.7 Å². The molecule has 0 fully saturated rings. The first-order chi connectivity index (χ1) is 19.5. The highest BCUT2D eigenvalue weighted by atomic mass is 16.6. The van der Waals surface area contributed by atoms with Gasteiger partial charge in [-0.1, -0.05) is 25.9 Å². The molecule has 3 aliphatic carbocycles. The van der Waals surface area contributed by atoms with E-state index in [9.17, 15) is 34.8 Å². The van der Waals surface area contributed by atoms with E-state index in [1.54, 1.807) is 27.1 Å². The second kappa shape index (κ2) is 10.8. The zero-order chi connectivity index (χ0) is 31.5. The predicted molar refractivity (Wildman–Crippen MR) is 154 cm³/mol. The highest BCUT2D eigenvalue weighted by molar-refractivity contribution is 6.25. The standard InChI is InChI=1S/C30H40N4O8/c1-13(33-42-7)16-9-15(11-32-12-29(2,3)4)23(35)20-17(16)8-14-10-18-22(34(5)6)25(37)21(28(31)40)27(39)30(18,41)26(38)19(14)24(20)36/h9,14,18,22,32,35,37-38,41H,8,10-12H2,1-7H3,(H2,31,40)/b33-13+. The molecular formula is C30H40N4O8. The predicted octanol–water partition coefficient (Wildman–Crippen LogP) is 1.63. The minimum absolute atomic E-state index is 0.00131. The number of benzene rings is 1. The summed E-state index contributed by atoms with van der Waals surface area (Å²) in [6.07, 6.45) is 0.158. The van der Waals surface area contributed by atoms with E-state index >= 15 is 0 Å². The van der Waals surface area contributed by atoms with Crippen LogP contribution in [0.2, 0.25) is 0 Å². The van der Waals surface area contributed by atoms with Crippen LogP contribution in [0, 0.1) is 17.3 Å². The number of hydrogen-bond donors (Lipinski definition) is 6. The molecule has 0 saturated heterocycles. The van der Waals surface area contributed by atoms with Gasteiger partial charge >= 0.3 is 0 Å². The monoisotopic (exact) mass is 584 g/mol. The van der Waals surface area contributed by atoms with Crippen molar-refractivity contribution in [3.05, 3.63) is 51.0 Å². The summed E-state index contributed by atoms with van der Waals surface area (Å²) in [5.74, 6) is -6.87. The number of oxime groups is 1. The summed E-state index contributed by atoms with van der Waals surface area (Å²) in [6, 6.07) is 0.694. The number of phenols is 1. The number of phenolic OH excluding ortho intramolecular Hbond substituents is 1. The second-order valence-corrected chi connectivity index (χ2v) is 12.8. The van der Waals surface area contributed by atoms with Crippen LogP contribution < -0.4 is 11.1 Å². The van der Waals surface area contributed by atoms with E-state index in [-0.39, 0.29) is 41.7 Å². The average molecular weight is 585 g/mol. The molecule has 12 nitrogen and oxygen atoms in total. The first kappa shape index (κ1) is 31.2. The summed E-state index contributed by atoms with van der Waals surface area (Å²) in [5, 5.41) is 53.0. The van der Waals surface area contributed by atoms with E-state index in [0.29, 0.717) is 28.9 Å². The molecule has 0 bridgehead atoms. The molecule has 0 aromatic heterocycles. The maximum atomic E-state index is 14.2. The van der Waals surface area contributed by atoms with Crippen LogP contribution in [0.3, 0.4) is 0 Å². The number of carbonyl (C=O) groups excluding carboxylic acids is 3. The molecule has 1 amide bonds. The molecular weight excluding hydrogens is 544 g/mol. The molecule has 4 atom stereocenters. The zero-order valence-electron chi connectivity index (χ0n) is 25.0. The smallest absolute Gasteiger partial charge is 0.255 e. The number of Topliss-reactive ketones (excluding diaryl/α,β-unsaturated/α-hetero) is 2. The molecule has 3 aliphatic rings. The van der Waals surface area contributed by atoms with E-state index in [0.717, 1.165) is 0 Å². The molecule has 1 aromatic carbocycles. The van der Waals surface area contributed by atoms with E-state index in [4.69, 9.17) is 10.6 Å². The van der Waals surface area contributed by atoms with Gasteiger partial charge in [0.05, 0.1) is 17.3 Å². The van der Waals surface area contributed by atoms with Gasteiger partial charge in [-0.25, -0.2) is 0 Å². The van der Waals surface area contributed by atoms with E-state index in [1.165, 1.54) is 12.0 Å². The highest BCUT2D eigenvalue weighted by Crippen LogP contribution is 2.52. The van der Waals surface area contributed by atoms with Crippen molar-refractivity contribution in [3.8, 4) is 5.75 Å². The number of aromatic hydroxyl groups is 1. The number of nitrogens with two attached hydrogens (primary N) is 1. The molecule has 1 aromatic rings. The van der Waals surface area contributed by atoms with Crippen LogP contribution >= 0.6 is 0 Å². The van der Waals surface area contributed by atoms with Crippen LogP contribution in [-0.4, -0.2) is 87.9 Å². The number of allylic oxidation sites excluding steroid dienone is 1. The molecule has 0 spiro atoms. The van der Waals surface area contributed by atoms with Crippen molar-refractivity contribution in [2.45, 2.75) is 58.7 Å². The van der Waals surface area contributed by atoms with Gasteiger partial charge in [-0.2, -0.15) is 0 Å². The molecule has 7 N–H and O–H groups in total. The Kier molecular flexibility index (Phi) is 8.04.